The third kappa shape index (κ3) is 19.4. The fraction of sp³-hybridized carbons (Fsp3) is 0.400. The molecule has 34 heteroatoms. The summed E-state index contributed by atoms with van der Waals surface area (Å²) in [5.74, 6) is -2.45. The molecule has 3 aromatic carbocycles. The van der Waals surface area contributed by atoms with E-state index in [1.54, 1.807) is 35.0 Å². The van der Waals surface area contributed by atoms with Gasteiger partial charge in [-0.05, 0) is 93.5 Å². The zero-order valence-electron chi connectivity index (χ0n) is 70.8. The molecule has 0 aliphatic carbocycles. The van der Waals surface area contributed by atoms with Crippen molar-refractivity contribution in [2.75, 3.05) is 156 Å². The maximum atomic E-state index is 13.9. The first-order chi connectivity index (χ1) is 60.4. The van der Waals surface area contributed by atoms with Crippen LogP contribution in [-0.4, -0.2) is 246 Å². The molecule has 6 atom stereocenters. The van der Waals surface area contributed by atoms with Gasteiger partial charge in [-0.2, -0.15) is 15.3 Å². The van der Waals surface area contributed by atoms with Gasteiger partial charge in [-0.25, -0.2) is 40.4 Å². The Labute approximate surface area is 716 Å². The number of aliphatic hydroxyl groups excluding tert-OH is 1. The SMILES string of the molecule is COCCN1C[C@@H](n2cc(F)c(F)c2)[C@H](NCNc2c(C)c(-c3cnc4c(c3)CN(C)C4)nn2-c2ccccc2)C1.COCCN1C[C@@H](n2cc(F)c(F)c2)[C@H](NCNc2c(C)c(-c3cnc4c(c3)CN(CCO)C4)nn2-c2ccccc2)C1.COCCN1C[C@@H](n2cc(F)c(F)c2)[C@H](NCNc2c(C)c(-c3cnc4c(c3)COC4)nn2-c2ccccc2)C1. The topological polar surface area (TPSA) is 252 Å². The number of para-hydroxylation sites is 3. The number of nitrogens with zero attached hydrogens (tertiary/aromatic N) is 17. The van der Waals surface area contributed by atoms with Crippen molar-refractivity contribution in [1.29, 1.82) is 0 Å². The number of methoxy groups -OCH3 is 3. The quantitative estimate of drug-likeness (QED) is 0.0153. The second-order valence-electron chi connectivity index (χ2n) is 32.5. The average Bonchev–Trinajstić information content (AvgIpc) is 1.63. The van der Waals surface area contributed by atoms with E-state index in [0.29, 0.717) is 85.8 Å². The van der Waals surface area contributed by atoms with Gasteiger partial charge in [0.2, 0.25) is 0 Å². The second-order valence-corrected chi connectivity index (χ2v) is 32.5. The van der Waals surface area contributed by atoms with Gasteiger partial charge in [-0.1, -0.05) is 54.6 Å². The summed E-state index contributed by atoms with van der Waals surface area (Å²) in [7, 11) is 7.11. The van der Waals surface area contributed by atoms with Crippen molar-refractivity contribution in [3.05, 3.63) is 250 Å². The van der Waals surface area contributed by atoms with Crippen molar-refractivity contribution in [2.45, 2.75) is 96.4 Å². The smallest absolute Gasteiger partial charge is 0.176 e. The first-order valence-electron chi connectivity index (χ1n) is 42.0. The van der Waals surface area contributed by atoms with Gasteiger partial charge >= 0.3 is 0 Å². The molecular weight excluding hydrogens is 1600 g/mol. The molecular formula is C90H107F6N23O5. The Kier molecular flexibility index (Phi) is 27.6. The van der Waals surface area contributed by atoms with Crippen LogP contribution in [0.15, 0.2) is 165 Å². The Morgan fingerprint density at radius 1 is 0.403 bits per heavy atom. The molecule has 15 heterocycles. The highest BCUT2D eigenvalue weighted by atomic mass is 19.2. The summed E-state index contributed by atoms with van der Waals surface area (Å²) in [6, 6.07) is 35.9. The van der Waals surface area contributed by atoms with Crippen LogP contribution in [0.3, 0.4) is 0 Å². The van der Waals surface area contributed by atoms with Crippen LogP contribution >= 0.6 is 0 Å². The number of hydrogen-bond donors (Lipinski definition) is 7. The molecule has 0 unspecified atom stereocenters. The molecule has 28 nitrogen and oxygen atoms in total. The predicted octanol–water partition coefficient (Wildman–Crippen LogP) is 10.8. The van der Waals surface area contributed by atoms with Gasteiger partial charge in [0.25, 0.3) is 0 Å². The van der Waals surface area contributed by atoms with E-state index < -0.39 is 34.9 Å². The molecule has 0 spiro atoms. The van der Waals surface area contributed by atoms with Crippen molar-refractivity contribution < 1.29 is 50.4 Å². The molecule has 0 radical (unpaired) electrons. The van der Waals surface area contributed by atoms with E-state index in [1.807, 2.05) is 137 Å². The van der Waals surface area contributed by atoms with E-state index in [0.717, 1.165) is 172 Å². The van der Waals surface area contributed by atoms with Gasteiger partial charge < -0.3 is 53.7 Å². The van der Waals surface area contributed by atoms with Crippen LogP contribution in [0.4, 0.5) is 43.8 Å². The Hall–Kier alpha value is -11.0. The summed E-state index contributed by atoms with van der Waals surface area (Å²) >= 11 is 0. The molecule has 6 aliphatic heterocycles. The number of hydrogen-bond acceptors (Lipinski definition) is 22. The highest BCUT2D eigenvalue weighted by Gasteiger charge is 2.38. The van der Waals surface area contributed by atoms with Gasteiger partial charge in [-0.3, -0.25) is 55.4 Å². The van der Waals surface area contributed by atoms with Crippen molar-refractivity contribution >= 4 is 17.5 Å². The molecule has 654 valence electrons. The average molecular weight is 1700 g/mol. The summed E-state index contributed by atoms with van der Waals surface area (Å²) in [4.78, 5) is 25.2. The Balaban J connectivity index is 0.000000138. The van der Waals surface area contributed by atoms with E-state index in [4.69, 9.17) is 44.2 Å². The summed E-state index contributed by atoms with van der Waals surface area (Å²) < 4.78 is 115. The van der Waals surface area contributed by atoms with E-state index in [-0.39, 0.29) is 42.9 Å². The van der Waals surface area contributed by atoms with Crippen LogP contribution in [0.2, 0.25) is 0 Å². The van der Waals surface area contributed by atoms with Gasteiger partial charge in [0.05, 0.1) is 129 Å². The lowest BCUT2D eigenvalue weighted by Gasteiger charge is -2.22. The highest BCUT2D eigenvalue weighted by Crippen LogP contribution is 2.38. The van der Waals surface area contributed by atoms with Crippen LogP contribution in [0.5, 0.6) is 0 Å². The highest BCUT2D eigenvalue weighted by molar-refractivity contribution is 5.73. The monoisotopic (exact) mass is 1700 g/mol. The number of aromatic nitrogens is 12. The lowest BCUT2D eigenvalue weighted by molar-refractivity contribution is 0.133. The van der Waals surface area contributed by atoms with Crippen molar-refractivity contribution in [1.82, 2.24) is 98.4 Å². The molecule has 7 N–H and O–H groups in total. The summed E-state index contributed by atoms with van der Waals surface area (Å²) in [5.41, 5.74) is 17.8. The number of benzene rings is 3. The Bertz CT molecular complexity index is 5530. The molecule has 6 aliphatic rings. The second kappa shape index (κ2) is 39.5. The lowest BCUT2D eigenvalue weighted by atomic mass is 10.1. The van der Waals surface area contributed by atoms with Crippen molar-refractivity contribution in [3.63, 3.8) is 0 Å². The Morgan fingerprint density at radius 3 is 1.10 bits per heavy atom. The number of pyridine rings is 3. The van der Waals surface area contributed by atoms with Crippen LogP contribution in [0.1, 0.15) is 68.6 Å². The van der Waals surface area contributed by atoms with E-state index in [2.05, 4.69) is 93.6 Å². The predicted molar refractivity (Wildman–Crippen MR) is 461 cm³/mol. The molecule has 0 saturated carbocycles. The van der Waals surface area contributed by atoms with Crippen molar-refractivity contribution in [3.8, 4) is 50.8 Å². The van der Waals surface area contributed by atoms with Crippen LogP contribution in [0, 0.1) is 55.7 Å². The molecule has 0 amide bonds. The molecule has 9 aromatic heterocycles. The number of halogens is 6. The molecule has 18 rings (SSSR count). The summed E-state index contributed by atoms with van der Waals surface area (Å²) in [6.07, 6.45) is 13.1. The maximum absolute atomic E-state index is 13.9. The maximum Gasteiger partial charge on any atom is 0.176 e. The molecule has 0 bridgehead atoms. The number of ether oxygens (including phenoxy) is 4. The zero-order valence-corrected chi connectivity index (χ0v) is 70.8. The molecule has 3 saturated heterocycles. The third-order valence-electron chi connectivity index (χ3n) is 24.1. The number of aliphatic hydroxyl groups is 1. The number of rotatable bonds is 32. The van der Waals surface area contributed by atoms with Gasteiger partial charge in [0.15, 0.2) is 34.9 Å². The van der Waals surface area contributed by atoms with E-state index >= 15 is 0 Å². The first kappa shape index (κ1) is 86.6. The Morgan fingerprint density at radius 2 is 0.742 bits per heavy atom. The minimum atomic E-state index is -0.843. The van der Waals surface area contributed by atoms with E-state index in [9.17, 15) is 31.4 Å². The zero-order chi connectivity index (χ0) is 86.1. The van der Waals surface area contributed by atoms with Crippen LogP contribution < -0.4 is 31.9 Å². The van der Waals surface area contributed by atoms with Crippen molar-refractivity contribution in [2.24, 2.45) is 0 Å². The lowest BCUT2D eigenvalue weighted by Crippen LogP contribution is -2.40. The number of likely N-dealkylation sites (tertiary alicyclic amines) is 3. The fourth-order valence-corrected chi connectivity index (χ4v) is 17.6. The fourth-order valence-electron chi connectivity index (χ4n) is 17.6. The molecule has 124 heavy (non-hydrogen) atoms. The van der Waals surface area contributed by atoms with Gasteiger partial charge in [-0.15, -0.1) is 0 Å². The van der Waals surface area contributed by atoms with Gasteiger partial charge in [0.1, 0.15) is 17.5 Å². The number of fused-ring (bicyclic) bond motifs is 3. The molecule has 12 aromatic rings. The number of anilines is 3. The summed E-state index contributed by atoms with van der Waals surface area (Å²) in [6.45, 7) is 20.7. The van der Waals surface area contributed by atoms with Crippen LogP contribution in [0.25, 0.3) is 50.8 Å². The van der Waals surface area contributed by atoms with Crippen LogP contribution in [-0.2, 0) is 58.3 Å². The molecule has 3 fully saturated rings. The minimum Gasteiger partial charge on any atom is -0.395 e. The number of β-amino-alcohol motifs (C(OH)–C–C–N with tert-alkyl or cyclic N) is 1. The minimum absolute atomic E-state index is 0.0312. The standard InChI is InChI=1S/C31H38F2N8O2.C30H36F2N8O.C29H33F2N7O2/c1-21-30(22-12-23-14-38(8-10-42)17-27(23)34-13-22)37-41(24-6-4-3-5-7-24)31(21)36-20-35-28-18-39(9-11-43-2)19-29(28)40-15-25(32)26(33)16-40;1-20-29(21-11-22-13-37(2)16-26(22)33-12-21)36-40(23-7-5-4-6-8-23)30(20)35-19-34-27-17-38(9-10-41-3)18-28(27)39-14-24(31)25(32)15-39;1-19-28(20-10-21-16-40-17-26(21)32-11-20)35-38(22-6-4-3-5-7-22)29(19)34-18-33-25-14-36(8-9-39-2)15-27(25)37-12-23(30)24(31)13-37/h3-7,12-13,15-16,28-29,35-36,42H,8-11,14,17-20H2,1-2H3;4-8,11-12,14-15,27-28,34-35H,9-10,13,16-19H2,1-3H3;3-7,10-13,25,27,33-34H,8-9,14-18H2,1-2H3/t28-,29-;27-,28-;25-,27-/m111/s1. The number of nitrogens with one attached hydrogen (secondary N) is 6. The van der Waals surface area contributed by atoms with E-state index in [1.165, 1.54) is 42.7 Å². The van der Waals surface area contributed by atoms with Gasteiger partial charge in [0, 0.05) is 226 Å². The normalized spacial score (nSPS) is 19.0. The summed E-state index contributed by atoms with van der Waals surface area (Å²) in [5, 5.41) is 45.8. The largest absolute Gasteiger partial charge is 0.395 e. The first-order valence-corrected chi connectivity index (χ1v) is 42.0. The third-order valence-corrected chi connectivity index (χ3v) is 24.1.